The predicted molar refractivity (Wildman–Crippen MR) is 73.4 cm³/mol. The second-order valence-corrected chi connectivity index (χ2v) is 6.14. The Balaban J connectivity index is 2.32. The molecule has 3 nitrogen and oxygen atoms in total. The van der Waals surface area contributed by atoms with Crippen molar-refractivity contribution >= 4 is 11.7 Å². The number of halogens is 3. The van der Waals surface area contributed by atoms with Crippen LogP contribution in [0.3, 0.4) is 0 Å². The van der Waals surface area contributed by atoms with Gasteiger partial charge in [-0.3, -0.25) is 0 Å². The number of benzene rings is 1. The summed E-state index contributed by atoms with van der Waals surface area (Å²) in [5.41, 5.74) is -1.51. The molecule has 1 fully saturated rings. The third kappa shape index (κ3) is 3.31. The van der Waals surface area contributed by atoms with Crippen molar-refractivity contribution in [2.75, 3.05) is 5.32 Å². The Morgan fingerprint density at radius 1 is 1.38 bits per heavy atom. The minimum absolute atomic E-state index is 0.0177. The Kier molecular flexibility index (Phi) is 3.91. The maximum absolute atomic E-state index is 13.0. The number of nitrogens with one attached hydrogen (secondary N) is 1. The van der Waals surface area contributed by atoms with Crippen molar-refractivity contribution < 1.29 is 23.1 Å². The minimum Gasteiger partial charge on any atom is -0.478 e. The second-order valence-electron chi connectivity index (χ2n) is 6.14. The van der Waals surface area contributed by atoms with Gasteiger partial charge in [-0.05, 0) is 36.5 Å². The Bertz CT molecular complexity index is 552. The smallest absolute Gasteiger partial charge is 0.417 e. The van der Waals surface area contributed by atoms with E-state index in [1.807, 2.05) is 0 Å². The lowest BCUT2D eigenvalue weighted by Crippen LogP contribution is -2.31. The summed E-state index contributed by atoms with van der Waals surface area (Å²) >= 11 is 0. The summed E-state index contributed by atoms with van der Waals surface area (Å²) in [7, 11) is 0. The van der Waals surface area contributed by atoms with E-state index in [2.05, 4.69) is 19.2 Å². The zero-order chi connectivity index (χ0) is 15.8. The summed E-state index contributed by atoms with van der Waals surface area (Å²) in [6, 6.07) is 3.38. The molecule has 21 heavy (non-hydrogen) atoms. The molecule has 1 aromatic carbocycles. The molecule has 0 radical (unpaired) electrons. The molecule has 6 heteroatoms. The summed E-state index contributed by atoms with van der Waals surface area (Å²) in [6.45, 7) is 4.15. The summed E-state index contributed by atoms with van der Waals surface area (Å²) < 4.78 is 38.9. The highest BCUT2D eigenvalue weighted by Crippen LogP contribution is 2.40. The Morgan fingerprint density at radius 3 is 2.52 bits per heavy atom. The van der Waals surface area contributed by atoms with Gasteiger partial charge in [-0.2, -0.15) is 13.2 Å². The number of carbonyl (C=O) groups is 1. The standard InChI is InChI=1S/C15H18F3NO2/c1-14(2)7-3-4-12(14)19-9-5-6-10(13(20)21)11(8-9)15(16,17)18/h5-6,8,12,19H,3-4,7H2,1-2H3,(H,20,21). The van der Waals surface area contributed by atoms with Crippen LogP contribution in [0.1, 0.15) is 49.0 Å². The van der Waals surface area contributed by atoms with Crippen LogP contribution in [-0.4, -0.2) is 17.1 Å². The normalized spacial score (nSPS) is 21.3. The average molecular weight is 301 g/mol. The molecule has 0 amide bonds. The molecule has 0 saturated heterocycles. The van der Waals surface area contributed by atoms with E-state index in [0.29, 0.717) is 5.69 Å². The van der Waals surface area contributed by atoms with Gasteiger partial charge in [0.05, 0.1) is 11.1 Å². The first-order chi connectivity index (χ1) is 9.61. The molecule has 1 saturated carbocycles. The van der Waals surface area contributed by atoms with Crippen LogP contribution in [0.5, 0.6) is 0 Å². The summed E-state index contributed by atoms with van der Waals surface area (Å²) in [5.74, 6) is -1.57. The van der Waals surface area contributed by atoms with Gasteiger partial charge in [0.15, 0.2) is 0 Å². The molecule has 1 aromatic rings. The van der Waals surface area contributed by atoms with Crippen LogP contribution in [0, 0.1) is 5.41 Å². The lowest BCUT2D eigenvalue weighted by molar-refractivity contribution is -0.138. The zero-order valence-corrected chi connectivity index (χ0v) is 11.9. The third-order valence-electron chi connectivity index (χ3n) is 4.15. The lowest BCUT2D eigenvalue weighted by atomic mass is 9.87. The minimum atomic E-state index is -4.68. The highest BCUT2D eigenvalue weighted by Gasteiger charge is 2.37. The zero-order valence-electron chi connectivity index (χ0n) is 11.9. The number of hydrogen-bond acceptors (Lipinski definition) is 2. The molecule has 0 aromatic heterocycles. The fourth-order valence-electron chi connectivity index (χ4n) is 2.85. The van der Waals surface area contributed by atoms with E-state index >= 15 is 0 Å². The van der Waals surface area contributed by atoms with Gasteiger partial charge in [0.25, 0.3) is 0 Å². The quantitative estimate of drug-likeness (QED) is 0.870. The topological polar surface area (TPSA) is 49.3 Å². The number of anilines is 1. The first-order valence-corrected chi connectivity index (χ1v) is 6.82. The number of carboxylic acids is 1. The van der Waals surface area contributed by atoms with E-state index in [1.54, 1.807) is 0 Å². The molecule has 0 aliphatic heterocycles. The van der Waals surface area contributed by atoms with Crippen LogP contribution < -0.4 is 5.32 Å². The van der Waals surface area contributed by atoms with Gasteiger partial charge in [-0.25, -0.2) is 4.79 Å². The first-order valence-electron chi connectivity index (χ1n) is 6.82. The largest absolute Gasteiger partial charge is 0.478 e. The number of aromatic carboxylic acids is 1. The van der Waals surface area contributed by atoms with Crippen LogP contribution in [0.25, 0.3) is 0 Å². The Labute approximate surface area is 121 Å². The van der Waals surface area contributed by atoms with Gasteiger partial charge in [0.1, 0.15) is 0 Å². The van der Waals surface area contributed by atoms with E-state index in [-0.39, 0.29) is 11.5 Å². The molecule has 2 rings (SSSR count). The molecule has 0 bridgehead atoms. The number of rotatable bonds is 3. The molecule has 1 unspecified atom stereocenters. The molecule has 0 spiro atoms. The maximum atomic E-state index is 13.0. The van der Waals surface area contributed by atoms with E-state index in [4.69, 9.17) is 5.11 Å². The van der Waals surface area contributed by atoms with Crippen LogP contribution in [-0.2, 0) is 6.18 Å². The monoisotopic (exact) mass is 301 g/mol. The van der Waals surface area contributed by atoms with Crippen molar-refractivity contribution in [1.29, 1.82) is 0 Å². The number of alkyl halides is 3. The molecular weight excluding hydrogens is 283 g/mol. The fourth-order valence-corrected chi connectivity index (χ4v) is 2.85. The molecule has 2 N–H and O–H groups in total. The van der Waals surface area contributed by atoms with E-state index in [9.17, 15) is 18.0 Å². The molecule has 116 valence electrons. The second kappa shape index (κ2) is 5.24. The lowest BCUT2D eigenvalue weighted by Gasteiger charge is -2.29. The van der Waals surface area contributed by atoms with E-state index in [1.165, 1.54) is 6.07 Å². The van der Waals surface area contributed by atoms with Crippen LogP contribution in [0.2, 0.25) is 0 Å². The van der Waals surface area contributed by atoms with Crippen LogP contribution >= 0.6 is 0 Å². The predicted octanol–water partition coefficient (Wildman–Crippen LogP) is 4.39. The average Bonchev–Trinajstić information content (AvgIpc) is 2.67. The van der Waals surface area contributed by atoms with Crippen molar-refractivity contribution in [3.8, 4) is 0 Å². The molecule has 1 aliphatic rings. The van der Waals surface area contributed by atoms with E-state index in [0.717, 1.165) is 31.4 Å². The van der Waals surface area contributed by atoms with E-state index < -0.39 is 23.3 Å². The van der Waals surface area contributed by atoms with Crippen molar-refractivity contribution in [2.45, 2.75) is 45.3 Å². The Morgan fingerprint density at radius 2 is 2.05 bits per heavy atom. The summed E-state index contributed by atoms with van der Waals surface area (Å²) in [6.07, 6.45) is -1.74. The van der Waals surface area contributed by atoms with Crippen molar-refractivity contribution in [3.05, 3.63) is 29.3 Å². The van der Waals surface area contributed by atoms with Crippen molar-refractivity contribution in [2.24, 2.45) is 5.41 Å². The molecular formula is C15H18F3NO2. The SMILES string of the molecule is CC1(C)CCCC1Nc1ccc(C(=O)O)c(C(F)(F)F)c1. The van der Waals surface area contributed by atoms with Gasteiger partial charge in [-0.15, -0.1) is 0 Å². The van der Waals surface area contributed by atoms with Gasteiger partial charge < -0.3 is 10.4 Å². The molecule has 1 aliphatic carbocycles. The van der Waals surface area contributed by atoms with Gasteiger partial charge >= 0.3 is 12.1 Å². The third-order valence-corrected chi connectivity index (χ3v) is 4.15. The summed E-state index contributed by atoms with van der Waals surface area (Å²) in [4.78, 5) is 10.9. The Hall–Kier alpha value is -1.72. The van der Waals surface area contributed by atoms with Crippen molar-refractivity contribution in [1.82, 2.24) is 0 Å². The van der Waals surface area contributed by atoms with Gasteiger partial charge in [0, 0.05) is 11.7 Å². The number of hydrogen-bond donors (Lipinski definition) is 2. The van der Waals surface area contributed by atoms with Crippen LogP contribution in [0.15, 0.2) is 18.2 Å². The van der Waals surface area contributed by atoms with Gasteiger partial charge in [0.2, 0.25) is 0 Å². The summed E-state index contributed by atoms with van der Waals surface area (Å²) in [5, 5.41) is 12.0. The first kappa shape index (κ1) is 15.7. The highest BCUT2D eigenvalue weighted by atomic mass is 19.4. The maximum Gasteiger partial charge on any atom is 0.417 e. The fraction of sp³-hybridized carbons (Fsp3) is 0.533. The molecule has 0 heterocycles. The molecule has 1 atom stereocenters. The highest BCUT2D eigenvalue weighted by molar-refractivity contribution is 5.90. The van der Waals surface area contributed by atoms with Crippen molar-refractivity contribution in [3.63, 3.8) is 0 Å². The van der Waals surface area contributed by atoms with Crippen LogP contribution in [0.4, 0.5) is 18.9 Å². The number of carboxylic acid groups (broad SMARTS) is 1. The van der Waals surface area contributed by atoms with Gasteiger partial charge in [-0.1, -0.05) is 20.3 Å².